The Kier molecular flexibility index (Phi) is 13.3. The fourth-order valence-electron chi connectivity index (χ4n) is 15.8. The molecule has 5 aliphatic carbocycles. The van der Waals surface area contributed by atoms with Gasteiger partial charge in [0, 0.05) is 17.4 Å². The summed E-state index contributed by atoms with van der Waals surface area (Å²) in [6.45, 7) is 8.88. The molecule has 2 spiro atoms. The minimum absolute atomic E-state index is 0.0245. The summed E-state index contributed by atoms with van der Waals surface area (Å²) in [7, 11) is 0. The van der Waals surface area contributed by atoms with Crippen molar-refractivity contribution in [1.82, 2.24) is 0 Å². The Morgan fingerprint density at radius 1 is 0.727 bits per heavy atom. The molecule has 3 saturated heterocycles. The van der Waals surface area contributed by atoms with Gasteiger partial charge in [-0.3, -0.25) is 0 Å². The molecule has 19 heteroatoms. The van der Waals surface area contributed by atoms with Crippen LogP contribution < -0.4 is 0 Å². The van der Waals surface area contributed by atoms with Crippen LogP contribution in [0.1, 0.15) is 92.4 Å². The highest BCUT2D eigenvalue weighted by molar-refractivity contribution is 5.88. The van der Waals surface area contributed by atoms with E-state index >= 15 is 0 Å². The van der Waals surface area contributed by atoms with Crippen LogP contribution in [0.25, 0.3) is 0 Å². The third-order valence-corrected chi connectivity index (χ3v) is 19.6. The molecule has 0 radical (unpaired) electrons. The van der Waals surface area contributed by atoms with Crippen LogP contribution in [-0.2, 0) is 38.0 Å². The van der Waals surface area contributed by atoms with Gasteiger partial charge >= 0.3 is 5.97 Å². The molecule has 0 bridgehead atoms. The van der Waals surface area contributed by atoms with Crippen molar-refractivity contribution in [3.63, 3.8) is 0 Å². The molecular formula is C47H74O19. The Balaban J connectivity index is 0.893. The summed E-state index contributed by atoms with van der Waals surface area (Å²) in [6.07, 6.45) is -14.7. The van der Waals surface area contributed by atoms with Gasteiger partial charge in [-0.2, -0.15) is 0 Å². The van der Waals surface area contributed by atoms with Crippen LogP contribution in [-0.4, -0.2) is 193 Å². The average molecular weight is 943 g/mol. The largest absolute Gasteiger partial charge is 0.458 e. The number of aliphatic hydroxyl groups is 11. The van der Waals surface area contributed by atoms with Crippen molar-refractivity contribution < 1.29 is 94.1 Å². The third-order valence-electron chi connectivity index (χ3n) is 19.6. The minimum Gasteiger partial charge on any atom is -0.458 e. The third kappa shape index (κ3) is 7.34. The highest BCUT2D eigenvalue weighted by atomic mass is 16.8. The maximum atomic E-state index is 12.6. The van der Waals surface area contributed by atoms with E-state index in [9.17, 15) is 61.0 Å². The van der Waals surface area contributed by atoms with Gasteiger partial charge in [0.25, 0.3) is 0 Å². The van der Waals surface area contributed by atoms with Crippen molar-refractivity contribution in [3.8, 4) is 0 Å². The number of ether oxygens (including phenoxy) is 7. The van der Waals surface area contributed by atoms with E-state index in [1.54, 1.807) is 6.92 Å². The van der Waals surface area contributed by atoms with Crippen molar-refractivity contribution in [2.75, 3.05) is 26.4 Å². The van der Waals surface area contributed by atoms with E-state index in [-0.39, 0.29) is 64.7 Å². The first-order chi connectivity index (χ1) is 31.1. The van der Waals surface area contributed by atoms with Crippen LogP contribution >= 0.6 is 0 Å². The van der Waals surface area contributed by atoms with E-state index < -0.39 is 117 Å². The zero-order valence-corrected chi connectivity index (χ0v) is 38.6. The molecule has 26 atom stereocenters. The fourth-order valence-corrected chi connectivity index (χ4v) is 15.8. The lowest BCUT2D eigenvalue weighted by Crippen LogP contribution is -2.64. The number of fused-ring (bicyclic) bond motifs is 2. The zero-order chi connectivity index (χ0) is 47.6. The number of hydrogen-bond acceptors (Lipinski definition) is 19. The highest BCUT2D eigenvalue weighted by Crippen LogP contribution is 2.89. The molecule has 4 heterocycles. The molecule has 0 aromatic rings. The number of esters is 1. The van der Waals surface area contributed by atoms with Crippen LogP contribution in [0.15, 0.2) is 11.6 Å². The van der Waals surface area contributed by atoms with Crippen molar-refractivity contribution in [1.29, 1.82) is 0 Å². The van der Waals surface area contributed by atoms with Crippen LogP contribution in [0.2, 0.25) is 0 Å². The molecule has 0 amide bonds. The lowest BCUT2D eigenvalue weighted by atomic mass is 9.41. The Bertz CT molecular complexity index is 1820. The number of rotatable bonds is 11. The summed E-state index contributed by atoms with van der Waals surface area (Å²) in [4.78, 5) is 12.6. The average Bonchev–Trinajstić information content (AvgIpc) is 3.90. The van der Waals surface area contributed by atoms with Crippen LogP contribution in [0.3, 0.4) is 0 Å². The summed E-state index contributed by atoms with van der Waals surface area (Å²) >= 11 is 0. The number of carbonyl (C=O) groups is 1. The molecule has 4 aliphatic heterocycles. The summed E-state index contributed by atoms with van der Waals surface area (Å²) < 4.78 is 41.6. The molecule has 0 unspecified atom stereocenters. The van der Waals surface area contributed by atoms with E-state index in [0.29, 0.717) is 30.8 Å². The number of cyclic esters (lactones) is 1. The molecule has 5 saturated carbocycles. The molecule has 9 rings (SSSR count). The smallest absolute Gasteiger partial charge is 0.333 e. The number of hydrogen-bond donors (Lipinski definition) is 11. The Hall–Kier alpha value is -1.47. The lowest BCUT2D eigenvalue weighted by molar-refractivity contribution is -0.372. The van der Waals surface area contributed by atoms with Gasteiger partial charge in [0.1, 0.15) is 73.2 Å². The van der Waals surface area contributed by atoms with E-state index in [4.69, 9.17) is 33.2 Å². The summed E-state index contributed by atoms with van der Waals surface area (Å²) in [6, 6.07) is 0. The van der Waals surface area contributed by atoms with Gasteiger partial charge < -0.3 is 89.3 Å². The Labute approximate surface area is 384 Å². The summed E-state index contributed by atoms with van der Waals surface area (Å²) in [5, 5.41) is 119. The van der Waals surface area contributed by atoms with Gasteiger partial charge in [0.05, 0.1) is 38.6 Å². The lowest BCUT2D eigenvalue weighted by Gasteiger charge is -2.63. The summed E-state index contributed by atoms with van der Waals surface area (Å²) in [5.41, 5.74) is -0.520. The minimum atomic E-state index is -1.88. The molecule has 376 valence electrons. The second kappa shape index (κ2) is 17.7. The predicted octanol–water partition coefficient (Wildman–Crippen LogP) is -1.26. The molecule has 0 aromatic heterocycles. The molecule has 9 aliphatic rings. The highest BCUT2D eigenvalue weighted by Gasteiger charge is 2.83. The monoisotopic (exact) mass is 942 g/mol. The first kappa shape index (κ1) is 49.5. The maximum absolute atomic E-state index is 12.6. The van der Waals surface area contributed by atoms with E-state index in [1.807, 2.05) is 13.0 Å². The van der Waals surface area contributed by atoms with Crippen LogP contribution in [0.4, 0.5) is 0 Å². The normalized spacial score (nSPS) is 56.2. The molecule has 19 nitrogen and oxygen atoms in total. The van der Waals surface area contributed by atoms with Crippen molar-refractivity contribution in [2.45, 2.75) is 197 Å². The van der Waals surface area contributed by atoms with Gasteiger partial charge in [-0.05, 0) is 104 Å². The maximum Gasteiger partial charge on any atom is 0.333 e. The zero-order valence-electron chi connectivity index (χ0n) is 38.6. The predicted molar refractivity (Wildman–Crippen MR) is 225 cm³/mol. The SMILES string of the molecule is CC1=CC[C@@H]([C@@H](C)[C@H]2[C@H](O)C[C@@]3(C)[C@@H]4CC[C@H]5[C@](C)(CO)[C@@H](O[C@@H]6OC[C@H](O)[C@H](O)[C@H]6O[C@@H]6O[C@H](CO[C@@H]7O[C@H](CO)[C@@H](O)[C@H](O)[C@H]7O)[C@@H](O)[C@H](O)[C@H]6O)CC[C@@]56C[C@@]46CC[C@]23C)OC1=O. The van der Waals surface area contributed by atoms with Gasteiger partial charge in [0.2, 0.25) is 0 Å². The van der Waals surface area contributed by atoms with E-state index in [0.717, 1.165) is 38.5 Å². The first-order valence-electron chi connectivity index (χ1n) is 24.2. The van der Waals surface area contributed by atoms with Crippen LogP contribution in [0.5, 0.6) is 0 Å². The molecule has 66 heavy (non-hydrogen) atoms. The van der Waals surface area contributed by atoms with Crippen LogP contribution in [0, 0.1) is 50.7 Å². The van der Waals surface area contributed by atoms with Crippen molar-refractivity contribution in [2.24, 2.45) is 50.7 Å². The van der Waals surface area contributed by atoms with Gasteiger partial charge in [-0.1, -0.05) is 33.8 Å². The fraction of sp³-hybridized carbons (Fsp3) is 0.936. The summed E-state index contributed by atoms with van der Waals surface area (Å²) in [5.74, 6) is 0.0703. The second-order valence-corrected chi connectivity index (χ2v) is 22.5. The Morgan fingerprint density at radius 3 is 2.06 bits per heavy atom. The van der Waals surface area contributed by atoms with Crippen molar-refractivity contribution >= 4 is 5.97 Å². The quantitative estimate of drug-likeness (QED) is 0.0851. The number of carbonyl (C=O) groups excluding carboxylic acids is 1. The Morgan fingerprint density at radius 2 is 1.38 bits per heavy atom. The van der Waals surface area contributed by atoms with Gasteiger partial charge in [0.15, 0.2) is 18.9 Å². The van der Waals surface area contributed by atoms with Crippen molar-refractivity contribution in [3.05, 3.63) is 11.6 Å². The second-order valence-electron chi connectivity index (χ2n) is 22.5. The van der Waals surface area contributed by atoms with Gasteiger partial charge in [-0.15, -0.1) is 0 Å². The van der Waals surface area contributed by atoms with E-state index in [2.05, 4.69) is 20.8 Å². The number of aliphatic hydroxyl groups excluding tert-OH is 11. The molecular weight excluding hydrogens is 868 g/mol. The standard InChI is InChI=1S/C47H74O19/c1-20-6-7-24(62-39(20)59)21(2)30-22(50)14-45(5)28-9-8-27-43(3,19-49)29(10-11-46(27)18-47(28,46)13-12-44(30,45)4)65-42-38(31(52)23(51)16-60-42)66-41-37(58)35(56)33(54)26(64-41)17-61-40-36(57)34(55)32(53)25(15-48)63-40/h6,21-38,40-42,48-58H,7-19H2,1-5H3/t21-,22-,23+,24+,25-,26-,27+,28+,29+,30+,31+,32-,33-,34+,35+,36-,37-,38-,40-,41+,42+,43+,44-,45+,46-,47+/m1/s1. The topological polar surface area (TPSA) is 304 Å². The molecule has 8 fully saturated rings. The molecule has 0 aromatic carbocycles. The van der Waals surface area contributed by atoms with E-state index in [1.165, 1.54) is 0 Å². The van der Waals surface area contributed by atoms with Gasteiger partial charge in [-0.25, -0.2) is 4.79 Å². The molecule has 11 N–H and O–H groups in total. The first-order valence-corrected chi connectivity index (χ1v) is 24.2.